The van der Waals surface area contributed by atoms with Crippen LogP contribution in [0.25, 0.3) is 5.69 Å². The monoisotopic (exact) mass is 296 g/mol. The molecule has 1 aromatic heterocycles. The van der Waals surface area contributed by atoms with Gasteiger partial charge in [-0.2, -0.15) is 0 Å². The van der Waals surface area contributed by atoms with Gasteiger partial charge >= 0.3 is 11.7 Å². The number of aromatic carboxylic acids is 1. The molecule has 1 heterocycles. The van der Waals surface area contributed by atoms with E-state index < -0.39 is 35.3 Å². The second-order valence-electron chi connectivity index (χ2n) is 4.13. The van der Waals surface area contributed by atoms with Crippen LogP contribution < -0.4 is 11.2 Å². The van der Waals surface area contributed by atoms with E-state index in [1.54, 1.807) is 0 Å². The molecule has 0 radical (unpaired) electrons. The standard InChI is InChI=1S/C13H10F2N2O4/c14-5-6-16-7-10(12(19)20)11(18)17(13(16)21)9-3-1-8(15)2-4-9/h1-4,7H,5-6H2,(H,19,20). The van der Waals surface area contributed by atoms with Crippen LogP contribution in [0.1, 0.15) is 10.4 Å². The largest absolute Gasteiger partial charge is 0.477 e. The number of alkyl halides is 1. The van der Waals surface area contributed by atoms with Crippen molar-refractivity contribution in [2.75, 3.05) is 6.67 Å². The summed E-state index contributed by atoms with van der Waals surface area (Å²) in [5, 5.41) is 8.98. The molecular formula is C13H10F2N2O4. The van der Waals surface area contributed by atoms with E-state index in [2.05, 4.69) is 0 Å². The molecule has 8 heteroatoms. The molecule has 0 atom stereocenters. The van der Waals surface area contributed by atoms with Gasteiger partial charge in [-0.1, -0.05) is 0 Å². The summed E-state index contributed by atoms with van der Waals surface area (Å²) in [5.41, 5.74) is -2.63. The first-order valence-corrected chi connectivity index (χ1v) is 5.87. The Morgan fingerprint density at radius 3 is 2.33 bits per heavy atom. The Hall–Kier alpha value is -2.77. The van der Waals surface area contributed by atoms with Crippen molar-refractivity contribution in [3.63, 3.8) is 0 Å². The van der Waals surface area contributed by atoms with Crippen molar-refractivity contribution in [3.05, 3.63) is 62.7 Å². The predicted molar refractivity (Wildman–Crippen MR) is 69.2 cm³/mol. The van der Waals surface area contributed by atoms with Gasteiger partial charge in [-0.25, -0.2) is 22.9 Å². The van der Waals surface area contributed by atoms with Crippen molar-refractivity contribution < 1.29 is 18.7 Å². The van der Waals surface area contributed by atoms with E-state index in [9.17, 15) is 23.2 Å². The minimum atomic E-state index is -1.54. The molecule has 1 N–H and O–H groups in total. The number of carbonyl (C=O) groups is 1. The minimum absolute atomic E-state index is 0.00195. The molecule has 0 saturated carbocycles. The van der Waals surface area contributed by atoms with Crippen molar-refractivity contribution in [2.24, 2.45) is 0 Å². The molecule has 0 amide bonds. The molecule has 110 valence electrons. The third-order valence-corrected chi connectivity index (χ3v) is 2.80. The molecule has 1 aromatic carbocycles. The molecule has 2 aromatic rings. The van der Waals surface area contributed by atoms with Crippen LogP contribution in [-0.2, 0) is 6.54 Å². The molecule has 21 heavy (non-hydrogen) atoms. The van der Waals surface area contributed by atoms with E-state index >= 15 is 0 Å². The van der Waals surface area contributed by atoms with Crippen LogP contribution in [0.5, 0.6) is 0 Å². The zero-order valence-corrected chi connectivity index (χ0v) is 10.6. The molecule has 0 aliphatic carbocycles. The number of nitrogens with zero attached hydrogens (tertiary/aromatic N) is 2. The van der Waals surface area contributed by atoms with Gasteiger partial charge in [-0.05, 0) is 24.3 Å². The topological polar surface area (TPSA) is 81.3 Å². The lowest BCUT2D eigenvalue weighted by Gasteiger charge is -2.10. The summed E-state index contributed by atoms with van der Waals surface area (Å²) in [5.74, 6) is -2.12. The first-order valence-electron chi connectivity index (χ1n) is 5.87. The number of carboxylic acids is 1. The van der Waals surface area contributed by atoms with Gasteiger partial charge in [0.1, 0.15) is 18.1 Å². The van der Waals surface area contributed by atoms with Crippen molar-refractivity contribution >= 4 is 5.97 Å². The number of carboxylic acid groups (broad SMARTS) is 1. The first-order chi connectivity index (χ1) is 9.95. The number of rotatable bonds is 4. The lowest BCUT2D eigenvalue weighted by atomic mass is 10.3. The number of halogens is 2. The van der Waals surface area contributed by atoms with Gasteiger partial charge in [-0.15, -0.1) is 0 Å². The Morgan fingerprint density at radius 2 is 1.81 bits per heavy atom. The van der Waals surface area contributed by atoms with Gasteiger partial charge in [0.15, 0.2) is 0 Å². The lowest BCUT2D eigenvalue weighted by molar-refractivity contribution is 0.0693. The van der Waals surface area contributed by atoms with Crippen molar-refractivity contribution in [1.82, 2.24) is 9.13 Å². The number of aryl methyl sites for hydroxylation is 1. The van der Waals surface area contributed by atoms with Gasteiger partial charge in [0.05, 0.1) is 12.2 Å². The van der Waals surface area contributed by atoms with Gasteiger partial charge in [0.2, 0.25) is 0 Å². The smallest absolute Gasteiger partial charge is 0.342 e. The molecule has 0 bridgehead atoms. The first kappa shape index (κ1) is 14.6. The highest BCUT2D eigenvalue weighted by molar-refractivity contribution is 5.86. The summed E-state index contributed by atoms with van der Waals surface area (Å²) >= 11 is 0. The van der Waals surface area contributed by atoms with Gasteiger partial charge < -0.3 is 5.11 Å². The Bertz CT molecular complexity index is 793. The molecule has 6 nitrogen and oxygen atoms in total. The maximum Gasteiger partial charge on any atom is 0.342 e. The van der Waals surface area contributed by atoms with Crippen LogP contribution in [0.4, 0.5) is 8.78 Å². The Morgan fingerprint density at radius 1 is 1.19 bits per heavy atom. The van der Waals surface area contributed by atoms with E-state index in [4.69, 9.17) is 5.11 Å². The third kappa shape index (κ3) is 2.73. The van der Waals surface area contributed by atoms with Crippen LogP contribution in [-0.4, -0.2) is 26.9 Å². The molecule has 0 spiro atoms. The Labute approximate surface area is 116 Å². The minimum Gasteiger partial charge on any atom is -0.477 e. The second kappa shape index (κ2) is 5.70. The highest BCUT2D eigenvalue weighted by Gasteiger charge is 2.17. The van der Waals surface area contributed by atoms with E-state index in [1.807, 2.05) is 0 Å². The highest BCUT2D eigenvalue weighted by atomic mass is 19.1. The summed E-state index contributed by atoms with van der Waals surface area (Å²) in [6.45, 7) is -1.29. The fraction of sp³-hybridized carbons (Fsp3) is 0.154. The van der Waals surface area contributed by atoms with E-state index in [0.29, 0.717) is 4.57 Å². The van der Waals surface area contributed by atoms with Gasteiger partial charge in [0.25, 0.3) is 5.56 Å². The Balaban J connectivity index is 2.80. The van der Waals surface area contributed by atoms with Crippen molar-refractivity contribution in [1.29, 1.82) is 0 Å². The predicted octanol–water partition coefficient (Wildman–Crippen LogP) is 0.806. The SMILES string of the molecule is O=C(O)c1cn(CCF)c(=O)n(-c2ccc(F)cc2)c1=O. The molecule has 0 aliphatic rings. The number of hydrogen-bond acceptors (Lipinski definition) is 3. The molecule has 2 rings (SSSR count). The zero-order chi connectivity index (χ0) is 15.6. The number of hydrogen-bond donors (Lipinski definition) is 1. The molecule has 0 saturated heterocycles. The molecule has 0 aliphatic heterocycles. The normalized spacial score (nSPS) is 10.6. The highest BCUT2D eigenvalue weighted by Crippen LogP contribution is 2.05. The zero-order valence-electron chi connectivity index (χ0n) is 10.6. The maximum absolute atomic E-state index is 12.9. The molecule has 0 unspecified atom stereocenters. The maximum atomic E-state index is 12.9. The van der Waals surface area contributed by atoms with Crippen molar-refractivity contribution in [3.8, 4) is 5.69 Å². The van der Waals surface area contributed by atoms with Gasteiger partial charge in [0, 0.05) is 6.20 Å². The van der Waals surface area contributed by atoms with Crippen molar-refractivity contribution in [2.45, 2.75) is 6.54 Å². The second-order valence-corrected chi connectivity index (χ2v) is 4.13. The lowest BCUT2D eigenvalue weighted by Crippen LogP contribution is -2.41. The fourth-order valence-corrected chi connectivity index (χ4v) is 1.82. The van der Waals surface area contributed by atoms with Crippen LogP contribution in [0.15, 0.2) is 40.1 Å². The molecule has 0 fully saturated rings. The summed E-state index contributed by atoms with van der Waals surface area (Å²) in [4.78, 5) is 35.2. The Kier molecular flexibility index (Phi) is 3.97. The summed E-state index contributed by atoms with van der Waals surface area (Å²) in [7, 11) is 0. The van der Waals surface area contributed by atoms with E-state index in [1.165, 1.54) is 0 Å². The average molecular weight is 296 g/mol. The summed E-state index contributed by atoms with van der Waals surface area (Å²) < 4.78 is 26.7. The quantitative estimate of drug-likeness (QED) is 0.905. The van der Waals surface area contributed by atoms with Crippen LogP contribution in [0, 0.1) is 5.82 Å². The molecular weight excluding hydrogens is 286 g/mol. The van der Waals surface area contributed by atoms with E-state index in [0.717, 1.165) is 35.0 Å². The van der Waals surface area contributed by atoms with Crippen LogP contribution >= 0.6 is 0 Å². The van der Waals surface area contributed by atoms with Gasteiger partial charge in [-0.3, -0.25) is 9.36 Å². The van der Waals surface area contributed by atoms with E-state index in [-0.39, 0.29) is 12.2 Å². The number of benzene rings is 1. The fourth-order valence-electron chi connectivity index (χ4n) is 1.82. The average Bonchev–Trinajstić information content (AvgIpc) is 2.44. The van der Waals surface area contributed by atoms with Crippen LogP contribution in [0.2, 0.25) is 0 Å². The summed E-state index contributed by atoms with van der Waals surface area (Å²) in [6.07, 6.45) is 0.798. The van der Waals surface area contributed by atoms with Crippen LogP contribution in [0.3, 0.4) is 0 Å². The number of aromatic nitrogens is 2. The summed E-state index contributed by atoms with van der Waals surface area (Å²) in [6, 6.07) is 4.36. The third-order valence-electron chi connectivity index (χ3n) is 2.80.